The monoisotopic (exact) mass is 270 g/mol. The lowest BCUT2D eigenvalue weighted by Crippen LogP contribution is -2.41. The van der Waals surface area contributed by atoms with E-state index in [1.807, 2.05) is 0 Å². The molecule has 1 aliphatic heterocycles. The highest BCUT2D eigenvalue weighted by molar-refractivity contribution is 5.80. The Labute approximate surface area is 124 Å². The zero-order valence-electron chi connectivity index (χ0n) is 11.8. The van der Waals surface area contributed by atoms with E-state index >= 15 is 0 Å². The van der Waals surface area contributed by atoms with Crippen LogP contribution in [0.15, 0.2) is 66.9 Å². The number of hydrogen-bond donors (Lipinski definition) is 0. The molecule has 100 valence electrons. The van der Waals surface area contributed by atoms with Crippen molar-refractivity contribution in [1.82, 2.24) is 0 Å². The summed E-state index contributed by atoms with van der Waals surface area (Å²) >= 11 is 0. The molecule has 0 fully saturated rings. The number of nitrogens with zero attached hydrogens (tertiary/aromatic N) is 1. The lowest BCUT2D eigenvalue weighted by atomic mass is 9.90. The number of hydrogen-bond acceptors (Lipinski definition) is 0. The van der Waals surface area contributed by atoms with E-state index in [2.05, 4.69) is 71.4 Å². The van der Waals surface area contributed by atoms with E-state index in [1.165, 1.54) is 39.9 Å². The van der Waals surface area contributed by atoms with E-state index in [0.29, 0.717) is 6.04 Å². The Balaban J connectivity index is 2.01. The summed E-state index contributed by atoms with van der Waals surface area (Å²) in [6, 6.07) is 22.7. The molecule has 1 aliphatic carbocycles. The van der Waals surface area contributed by atoms with Crippen molar-refractivity contribution in [2.24, 2.45) is 0 Å². The van der Waals surface area contributed by atoms with Gasteiger partial charge in [-0.1, -0.05) is 36.4 Å². The lowest BCUT2D eigenvalue weighted by Gasteiger charge is -2.18. The van der Waals surface area contributed by atoms with Crippen molar-refractivity contribution in [2.45, 2.75) is 18.9 Å². The van der Waals surface area contributed by atoms with E-state index in [1.54, 1.807) is 0 Å². The Bertz CT molecular complexity index is 797. The SMILES string of the molecule is c1ccc2c(c1)-c1cccc3c1CCC2[n+]1ccccc1-3. The number of benzene rings is 2. The smallest absolute Gasteiger partial charge is 0.191 e. The fraction of sp³-hybridized carbons (Fsp3) is 0.150. The molecule has 1 atom stereocenters. The predicted octanol–water partition coefficient (Wildman–Crippen LogP) is 4.16. The molecule has 21 heavy (non-hydrogen) atoms. The van der Waals surface area contributed by atoms with E-state index in [4.69, 9.17) is 0 Å². The molecule has 1 unspecified atom stereocenters. The molecule has 1 aromatic heterocycles. The molecule has 0 N–H and O–H groups in total. The second-order valence-corrected chi connectivity index (χ2v) is 5.97. The zero-order chi connectivity index (χ0) is 13.8. The quantitative estimate of drug-likeness (QED) is 0.540. The van der Waals surface area contributed by atoms with Crippen LogP contribution in [0, 0.1) is 0 Å². The van der Waals surface area contributed by atoms with Gasteiger partial charge in [-0.2, -0.15) is 4.57 Å². The van der Waals surface area contributed by atoms with Crippen LogP contribution in [0.4, 0.5) is 0 Å². The minimum absolute atomic E-state index is 0.447. The van der Waals surface area contributed by atoms with Gasteiger partial charge in [0.1, 0.15) is 0 Å². The zero-order valence-corrected chi connectivity index (χ0v) is 11.8. The van der Waals surface area contributed by atoms with Crippen LogP contribution in [0.2, 0.25) is 0 Å². The van der Waals surface area contributed by atoms with Crippen LogP contribution in [0.1, 0.15) is 23.6 Å². The molecule has 0 spiro atoms. The van der Waals surface area contributed by atoms with Crippen LogP contribution < -0.4 is 4.57 Å². The van der Waals surface area contributed by atoms with Crippen LogP contribution in [0.3, 0.4) is 0 Å². The van der Waals surface area contributed by atoms with Crippen molar-refractivity contribution in [2.75, 3.05) is 0 Å². The summed E-state index contributed by atoms with van der Waals surface area (Å²) < 4.78 is 2.47. The maximum atomic E-state index is 2.47. The van der Waals surface area contributed by atoms with Gasteiger partial charge >= 0.3 is 0 Å². The van der Waals surface area contributed by atoms with Crippen molar-refractivity contribution in [3.63, 3.8) is 0 Å². The van der Waals surface area contributed by atoms with Crippen LogP contribution in [-0.2, 0) is 6.42 Å². The minimum atomic E-state index is 0.447. The molecule has 2 bridgehead atoms. The van der Waals surface area contributed by atoms with Gasteiger partial charge in [-0.25, -0.2) is 0 Å². The topological polar surface area (TPSA) is 3.88 Å². The highest BCUT2D eigenvalue weighted by Gasteiger charge is 2.35. The summed E-state index contributed by atoms with van der Waals surface area (Å²) in [5.74, 6) is 0. The Morgan fingerprint density at radius 3 is 2.57 bits per heavy atom. The highest BCUT2D eigenvalue weighted by atomic mass is 15.0. The molecule has 1 heteroatoms. The van der Waals surface area contributed by atoms with Gasteiger partial charge in [-0.15, -0.1) is 0 Å². The summed E-state index contributed by atoms with van der Waals surface area (Å²) in [4.78, 5) is 0. The molecular formula is C20H16N+. The summed E-state index contributed by atoms with van der Waals surface area (Å²) in [7, 11) is 0. The molecule has 1 nitrogen and oxygen atoms in total. The largest absolute Gasteiger partial charge is 0.213 e. The molecule has 0 saturated carbocycles. The molecule has 0 saturated heterocycles. The minimum Gasteiger partial charge on any atom is -0.191 e. The van der Waals surface area contributed by atoms with Crippen LogP contribution in [-0.4, -0.2) is 0 Å². The van der Waals surface area contributed by atoms with Gasteiger partial charge in [-0.05, 0) is 35.2 Å². The van der Waals surface area contributed by atoms with Crippen molar-refractivity contribution in [3.8, 4) is 22.4 Å². The third-order valence-electron chi connectivity index (χ3n) is 4.96. The van der Waals surface area contributed by atoms with E-state index in [-0.39, 0.29) is 0 Å². The van der Waals surface area contributed by atoms with Gasteiger partial charge in [0.15, 0.2) is 12.2 Å². The van der Waals surface area contributed by atoms with Gasteiger partial charge in [-0.3, -0.25) is 0 Å². The summed E-state index contributed by atoms with van der Waals surface area (Å²) in [6.07, 6.45) is 4.58. The first-order valence-corrected chi connectivity index (χ1v) is 7.65. The average Bonchev–Trinajstić information content (AvgIpc) is 2.82. The second kappa shape index (κ2) is 4.05. The molecule has 2 aliphatic rings. The second-order valence-electron chi connectivity index (χ2n) is 5.97. The van der Waals surface area contributed by atoms with Gasteiger partial charge in [0.2, 0.25) is 5.69 Å². The van der Waals surface area contributed by atoms with Crippen molar-refractivity contribution in [3.05, 3.63) is 78.0 Å². The van der Waals surface area contributed by atoms with Crippen molar-refractivity contribution < 1.29 is 4.57 Å². The number of pyridine rings is 1. The Kier molecular flexibility index (Phi) is 2.17. The number of aromatic nitrogens is 1. The van der Waals surface area contributed by atoms with Gasteiger partial charge in [0.05, 0.1) is 0 Å². The van der Waals surface area contributed by atoms with E-state index < -0.39 is 0 Å². The van der Waals surface area contributed by atoms with Crippen molar-refractivity contribution in [1.29, 1.82) is 0 Å². The van der Waals surface area contributed by atoms with Gasteiger partial charge < -0.3 is 0 Å². The summed E-state index contributed by atoms with van der Waals surface area (Å²) in [5, 5.41) is 0. The average molecular weight is 270 g/mol. The van der Waals surface area contributed by atoms with Crippen LogP contribution in [0.25, 0.3) is 22.4 Å². The molecule has 0 radical (unpaired) electrons. The lowest BCUT2D eigenvalue weighted by molar-refractivity contribution is -0.703. The third-order valence-corrected chi connectivity index (χ3v) is 4.96. The van der Waals surface area contributed by atoms with Crippen LogP contribution in [0.5, 0.6) is 0 Å². The van der Waals surface area contributed by atoms with Gasteiger partial charge in [0, 0.05) is 29.7 Å². The summed E-state index contributed by atoms with van der Waals surface area (Å²) in [6.45, 7) is 0. The first-order valence-electron chi connectivity index (χ1n) is 7.65. The molecule has 0 amide bonds. The van der Waals surface area contributed by atoms with Crippen molar-refractivity contribution >= 4 is 0 Å². The standard InChI is InChI=1S/C20H16N/c1-2-7-17-15(6-1)14-8-5-9-18-16(14)11-12-20(17)21-13-4-3-10-19(18)21/h1-10,13,20H,11-12H2/q+1. The van der Waals surface area contributed by atoms with E-state index in [0.717, 1.165) is 6.42 Å². The molecule has 2 heterocycles. The molecule has 2 aromatic carbocycles. The molecule has 5 rings (SSSR count). The maximum Gasteiger partial charge on any atom is 0.213 e. The van der Waals surface area contributed by atoms with E-state index in [9.17, 15) is 0 Å². The normalized spacial score (nSPS) is 17.6. The maximum absolute atomic E-state index is 2.47. The fourth-order valence-corrected chi connectivity index (χ4v) is 4.06. The Morgan fingerprint density at radius 2 is 1.57 bits per heavy atom. The third kappa shape index (κ3) is 1.43. The van der Waals surface area contributed by atoms with Gasteiger partial charge in [0.25, 0.3) is 0 Å². The Hall–Kier alpha value is -2.41. The Morgan fingerprint density at radius 1 is 0.762 bits per heavy atom. The molecular weight excluding hydrogens is 254 g/mol. The fourth-order valence-electron chi connectivity index (χ4n) is 4.06. The predicted molar refractivity (Wildman–Crippen MR) is 84.0 cm³/mol. The number of fused-ring (bicyclic) bond motifs is 8. The molecule has 3 aromatic rings. The number of rotatable bonds is 0. The summed E-state index contributed by atoms with van der Waals surface area (Å²) in [5.41, 5.74) is 8.59. The first kappa shape index (κ1) is 11.3. The van der Waals surface area contributed by atoms with Crippen LogP contribution >= 0.6 is 0 Å². The highest BCUT2D eigenvalue weighted by Crippen LogP contribution is 2.43. The first-order chi connectivity index (χ1) is 10.4.